The Kier molecular flexibility index (Phi) is 4.75. The largest absolute Gasteiger partial charge is 0.573 e. The number of benzene rings is 1. The number of amides is 1. The molecule has 0 aliphatic rings. The molecule has 1 N–H and O–H groups in total. The molecule has 0 saturated carbocycles. The fraction of sp³-hybridized carbons (Fsp3) is 0.125. The van der Waals surface area contributed by atoms with Crippen LogP contribution in [0.25, 0.3) is 10.6 Å². The van der Waals surface area contributed by atoms with E-state index in [0.29, 0.717) is 0 Å². The minimum Gasteiger partial charge on any atom is -0.404 e. The molecule has 130 valence electrons. The summed E-state index contributed by atoms with van der Waals surface area (Å²) < 4.78 is 42.5. The Hall–Kier alpha value is -2.81. The van der Waals surface area contributed by atoms with Gasteiger partial charge in [-0.15, -0.1) is 24.5 Å². The molecule has 3 aromatic rings. The highest BCUT2D eigenvalue weighted by molar-refractivity contribution is 7.13. The van der Waals surface area contributed by atoms with Gasteiger partial charge in [0, 0.05) is 6.20 Å². The molecule has 2 aromatic heterocycles. The number of halogens is 3. The molecule has 0 fully saturated rings. The van der Waals surface area contributed by atoms with Crippen LogP contribution in [0.5, 0.6) is 5.75 Å². The van der Waals surface area contributed by atoms with Gasteiger partial charge in [0.15, 0.2) is 5.75 Å². The quantitative estimate of drug-likeness (QED) is 0.737. The van der Waals surface area contributed by atoms with Crippen molar-refractivity contribution in [2.24, 2.45) is 0 Å². The van der Waals surface area contributed by atoms with Gasteiger partial charge < -0.3 is 10.1 Å². The summed E-state index contributed by atoms with van der Waals surface area (Å²) in [6, 6.07) is 10.9. The second-order valence-electron chi connectivity index (χ2n) is 4.97. The van der Waals surface area contributed by atoms with Gasteiger partial charge in [-0.2, -0.15) is 5.10 Å². The Morgan fingerprint density at radius 3 is 2.72 bits per heavy atom. The van der Waals surface area contributed by atoms with Crippen LogP contribution >= 0.6 is 11.3 Å². The number of ether oxygens (including phenoxy) is 1. The predicted molar refractivity (Wildman–Crippen MR) is 87.3 cm³/mol. The van der Waals surface area contributed by atoms with Crippen LogP contribution in [0.3, 0.4) is 0 Å². The van der Waals surface area contributed by atoms with Crippen LogP contribution in [-0.2, 0) is 11.3 Å². The van der Waals surface area contributed by atoms with E-state index >= 15 is 0 Å². The number of nitrogens with zero attached hydrogens (tertiary/aromatic N) is 2. The summed E-state index contributed by atoms with van der Waals surface area (Å²) in [6.07, 6.45) is -3.20. The van der Waals surface area contributed by atoms with Gasteiger partial charge in [-0.05, 0) is 29.6 Å². The zero-order valence-corrected chi connectivity index (χ0v) is 13.5. The second kappa shape index (κ2) is 6.98. The first-order valence-electron chi connectivity index (χ1n) is 7.13. The highest BCUT2D eigenvalue weighted by Crippen LogP contribution is 2.30. The third kappa shape index (κ3) is 4.60. The lowest BCUT2D eigenvalue weighted by Gasteiger charge is -2.13. The monoisotopic (exact) mass is 367 g/mol. The zero-order chi connectivity index (χ0) is 17.9. The Morgan fingerprint density at radius 1 is 1.20 bits per heavy atom. The van der Waals surface area contributed by atoms with Crippen molar-refractivity contribution in [1.82, 2.24) is 9.78 Å². The van der Waals surface area contributed by atoms with E-state index in [4.69, 9.17) is 0 Å². The number of thiophene rings is 1. The summed E-state index contributed by atoms with van der Waals surface area (Å²) >= 11 is 1.52. The molecule has 1 aromatic carbocycles. The standard InChI is InChI=1S/C16H12F3N3O2S/c17-16(18,19)24-13-5-2-1-4-11(13)20-15(23)10-22-8-7-12(21-22)14-6-3-9-25-14/h1-9H,10H2,(H,20,23). The van der Waals surface area contributed by atoms with Gasteiger partial charge in [-0.3, -0.25) is 9.48 Å². The first kappa shape index (κ1) is 17.0. The van der Waals surface area contributed by atoms with Crippen LogP contribution in [0.4, 0.5) is 18.9 Å². The Morgan fingerprint density at radius 2 is 2.00 bits per heavy atom. The molecule has 5 nitrogen and oxygen atoms in total. The van der Waals surface area contributed by atoms with E-state index in [0.717, 1.165) is 16.6 Å². The molecule has 25 heavy (non-hydrogen) atoms. The van der Waals surface area contributed by atoms with E-state index in [9.17, 15) is 18.0 Å². The molecule has 0 bridgehead atoms. The van der Waals surface area contributed by atoms with Crippen molar-refractivity contribution in [3.8, 4) is 16.3 Å². The molecule has 9 heteroatoms. The molecular weight excluding hydrogens is 355 g/mol. The van der Waals surface area contributed by atoms with Crippen molar-refractivity contribution in [2.45, 2.75) is 12.9 Å². The number of hydrogen-bond acceptors (Lipinski definition) is 4. The van der Waals surface area contributed by atoms with E-state index < -0.39 is 18.0 Å². The first-order valence-corrected chi connectivity index (χ1v) is 8.01. The van der Waals surface area contributed by atoms with Crippen molar-refractivity contribution < 1.29 is 22.7 Å². The number of anilines is 1. The Balaban J connectivity index is 1.67. The van der Waals surface area contributed by atoms with Crippen LogP contribution in [0.2, 0.25) is 0 Å². The minimum atomic E-state index is -4.83. The van der Waals surface area contributed by atoms with Gasteiger partial charge in [-0.1, -0.05) is 18.2 Å². The summed E-state index contributed by atoms with van der Waals surface area (Å²) in [6.45, 7) is -0.133. The van der Waals surface area contributed by atoms with E-state index in [1.807, 2.05) is 17.5 Å². The summed E-state index contributed by atoms with van der Waals surface area (Å²) in [5, 5.41) is 8.59. The van der Waals surface area contributed by atoms with E-state index in [1.165, 1.54) is 34.2 Å². The van der Waals surface area contributed by atoms with Gasteiger partial charge >= 0.3 is 6.36 Å². The third-order valence-corrected chi connectivity index (χ3v) is 4.00. The molecule has 1 amide bonds. The normalized spacial score (nSPS) is 11.3. The number of rotatable bonds is 5. The van der Waals surface area contributed by atoms with Gasteiger partial charge in [0.1, 0.15) is 12.2 Å². The molecule has 0 saturated heterocycles. The molecular formula is C16H12F3N3O2S. The number of aromatic nitrogens is 2. The van der Waals surface area contributed by atoms with Gasteiger partial charge in [0.25, 0.3) is 0 Å². The van der Waals surface area contributed by atoms with E-state index in [1.54, 1.807) is 12.3 Å². The predicted octanol–water partition coefficient (Wildman–Crippen LogP) is 4.15. The summed E-state index contributed by atoms with van der Waals surface area (Å²) in [5.74, 6) is -0.984. The molecule has 0 spiro atoms. The second-order valence-corrected chi connectivity index (χ2v) is 5.92. The maximum absolute atomic E-state index is 12.4. The third-order valence-electron chi connectivity index (χ3n) is 3.11. The number of hydrogen-bond donors (Lipinski definition) is 1. The highest BCUT2D eigenvalue weighted by atomic mass is 32.1. The lowest BCUT2D eigenvalue weighted by Crippen LogP contribution is -2.22. The van der Waals surface area contributed by atoms with Crippen LogP contribution in [-0.4, -0.2) is 22.1 Å². The average molecular weight is 367 g/mol. The molecule has 3 rings (SSSR count). The topological polar surface area (TPSA) is 56.2 Å². The van der Waals surface area contributed by atoms with Crippen molar-refractivity contribution in [3.63, 3.8) is 0 Å². The SMILES string of the molecule is O=C(Cn1ccc(-c2cccs2)n1)Nc1ccccc1OC(F)(F)F. The highest BCUT2D eigenvalue weighted by Gasteiger charge is 2.32. The van der Waals surface area contributed by atoms with Crippen molar-refractivity contribution in [3.05, 3.63) is 54.0 Å². The zero-order valence-electron chi connectivity index (χ0n) is 12.7. The van der Waals surface area contributed by atoms with Crippen LogP contribution < -0.4 is 10.1 Å². The molecule has 2 heterocycles. The lowest BCUT2D eigenvalue weighted by atomic mass is 10.3. The Bertz CT molecular complexity index is 860. The van der Waals surface area contributed by atoms with E-state index in [2.05, 4.69) is 15.2 Å². The number of nitrogens with one attached hydrogen (secondary N) is 1. The number of carbonyl (C=O) groups is 1. The molecule has 0 aliphatic carbocycles. The molecule has 0 aliphatic heterocycles. The first-order chi connectivity index (χ1) is 11.9. The smallest absolute Gasteiger partial charge is 0.404 e. The number of para-hydroxylation sites is 2. The molecule has 0 unspecified atom stereocenters. The van der Waals surface area contributed by atoms with Gasteiger partial charge in [0.05, 0.1) is 10.6 Å². The lowest BCUT2D eigenvalue weighted by molar-refractivity contribution is -0.274. The molecule has 0 atom stereocenters. The van der Waals surface area contributed by atoms with E-state index in [-0.39, 0.29) is 12.2 Å². The van der Waals surface area contributed by atoms with Crippen molar-refractivity contribution in [1.29, 1.82) is 0 Å². The van der Waals surface area contributed by atoms with Gasteiger partial charge in [0.2, 0.25) is 5.91 Å². The summed E-state index contributed by atoms with van der Waals surface area (Å²) in [5.41, 5.74) is 0.666. The van der Waals surface area contributed by atoms with Gasteiger partial charge in [-0.25, -0.2) is 0 Å². The minimum absolute atomic E-state index is 0.0598. The fourth-order valence-electron chi connectivity index (χ4n) is 2.13. The van der Waals surface area contributed by atoms with Crippen LogP contribution in [0.1, 0.15) is 0 Å². The fourth-order valence-corrected chi connectivity index (χ4v) is 2.82. The number of carbonyl (C=O) groups excluding carboxylic acids is 1. The number of alkyl halides is 3. The van der Waals surface area contributed by atoms with Crippen molar-refractivity contribution >= 4 is 22.9 Å². The van der Waals surface area contributed by atoms with Crippen molar-refractivity contribution in [2.75, 3.05) is 5.32 Å². The molecule has 0 radical (unpaired) electrons. The summed E-state index contributed by atoms with van der Waals surface area (Å²) in [7, 11) is 0. The average Bonchev–Trinajstić information content (AvgIpc) is 3.18. The summed E-state index contributed by atoms with van der Waals surface area (Å²) in [4.78, 5) is 13.1. The maximum Gasteiger partial charge on any atom is 0.573 e. The van der Waals surface area contributed by atoms with Crippen LogP contribution in [0, 0.1) is 0 Å². The van der Waals surface area contributed by atoms with Crippen LogP contribution in [0.15, 0.2) is 54.0 Å². The Labute approximate surface area is 144 Å². The maximum atomic E-state index is 12.4.